The number of carbonyl (C=O) groups excluding carboxylic acids is 1. The molecule has 2 aliphatic rings. The van der Waals surface area contributed by atoms with E-state index >= 15 is 0 Å². The molecule has 3 aromatic rings. The van der Waals surface area contributed by atoms with Crippen LogP contribution in [0.15, 0.2) is 54.9 Å². The maximum absolute atomic E-state index is 11.8. The SMILES string of the molecule is O=C1OCCC1N1CCN(c2cccc(-n3cnc4ccccc43)c2)CC1. The fraction of sp³-hybridized carbons (Fsp3) is 0.333. The zero-order valence-corrected chi connectivity index (χ0v) is 15.1. The van der Waals surface area contributed by atoms with E-state index < -0.39 is 0 Å². The van der Waals surface area contributed by atoms with Crippen molar-refractivity contribution in [2.45, 2.75) is 12.5 Å². The molecule has 6 nitrogen and oxygen atoms in total. The summed E-state index contributed by atoms with van der Waals surface area (Å²) in [5.74, 6) is -0.0579. The highest BCUT2D eigenvalue weighted by molar-refractivity contribution is 5.78. The number of imidazole rings is 1. The number of anilines is 1. The van der Waals surface area contributed by atoms with Crippen LogP contribution < -0.4 is 4.90 Å². The molecule has 27 heavy (non-hydrogen) atoms. The van der Waals surface area contributed by atoms with Crippen molar-refractivity contribution in [1.82, 2.24) is 14.5 Å². The van der Waals surface area contributed by atoms with E-state index in [2.05, 4.69) is 49.7 Å². The number of aromatic nitrogens is 2. The highest BCUT2D eigenvalue weighted by Crippen LogP contribution is 2.24. The predicted molar refractivity (Wildman–Crippen MR) is 104 cm³/mol. The van der Waals surface area contributed by atoms with Crippen LogP contribution >= 0.6 is 0 Å². The summed E-state index contributed by atoms with van der Waals surface area (Å²) in [7, 11) is 0. The molecule has 138 valence electrons. The Morgan fingerprint density at radius 1 is 0.963 bits per heavy atom. The second kappa shape index (κ2) is 6.70. The predicted octanol–water partition coefficient (Wildman–Crippen LogP) is 2.46. The van der Waals surface area contributed by atoms with Gasteiger partial charge in [0.05, 0.1) is 17.6 Å². The van der Waals surface area contributed by atoms with Crippen molar-refractivity contribution in [2.24, 2.45) is 0 Å². The second-order valence-electron chi connectivity index (χ2n) is 7.12. The third-order valence-corrected chi connectivity index (χ3v) is 5.59. The summed E-state index contributed by atoms with van der Waals surface area (Å²) in [4.78, 5) is 21.0. The summed E-state index contributed by atoms with van der Waals surface area (Å²) in [6, 6.07) is 16.7. The van der Waals surface area contributed by atoms with Gasteiger partial charge in [-0.2, -0.15) is 0 Å². The fourth-order valence-corrected chi connectivity index (χ4v) is 4.11. The maximum Gasteiger partial charge on any atom is 0.323 e. The number of cyclic esters (lactones) is 1. The summed E-state index contributed by atoms with van der Waals surface area (Å²) in [6.45, 7) is 4.16. The normalized spacial score (nSPS) is 21.0. The number of piperazine rings is 1. The number of carbonyl (C=O) groups is 1. The molecule has 0 radical (unpaired) electrons. The number of para-hydroxylation sites is 2. The van der Waals surface area contributed by atoms with Crippen LogP contribution in [0.4, 0.5) is 5.69 Å². The van der Waals surface area contributed by atoms with Crippen molar-refractivity contribution in [2.75, 3.05) is 37.7 Å². The molecule has 0 amide bonds. The summed E-state index contributed by atoms with van der Waals surface area (Å²) in [5.41, 5.74) is 4.43. The average molecular weight is 362 g/mol. The highest BCUT2D eigenvalue weighted by Gasteiger charge is 2.34. The van der Waals surface area contributed by atoms with E-state index in [1.165, 1.54) is 5.69 Å². The van der Waals surface area contributed by atoms with Crippen molar-refractivity contribution in [1.29, 1.82) is 0 Å². The molecule has 2 aromatic carbocycles. The van der Waals surface area contributed by atoms with Crippen LogP contribution in [0.25, 0.3) is 16.7 Å². The van der Waals surface area contributed by atoms with Gasteiger partial charge in [0.15, 0.2) is 0 Å². The lowest BCUT2D eigenvalue weighted by atomic mass is 10.1. The molecular weight excluding hydrogens is 340 g/mol. The number of hydrogen-bond donors (Lipinski definition) is 0. The van der Waals surface area contributed by atoms with Gasteiger partial charge < -0.3 is 9.64 Å². The number of ether oxygens (including phenoxy) is 1. The van der Waals surface area contributed by atoms with Gasteiger partial charge in [-0.1, -0.05) is 18.2 Å². The molecule has 2 saturated heterocycles. The van der Waals surface area contributed by atoms with Gasteiger partial charge in [-0.05, 0) is 30.3 Å². The van der Waals surface area contributed by atoms with Gasteiger partial charge in [-0.15, -0.1) is 0 Å². The Hall–Kier alpha value is -2.86. The van der Waals surface area contributed by atoms with Crippen LogP contribution in [0.5, 0.6) is 0 Å². The number of fused-ring (bicyclic) bond motifs is 1. The zero-order valence-electron chi connectivity index (χ0n) is 15.1. The van der Waals surface area contributed by atoms with Gasteiger partial charge in [-0.25, -0.2) is 4.98 Å². The van der Waals surface area contributed by atoms with Crippen molar-refractivity contribution in [3.05, 3.63) is 54.9 Å². The number of nitrogens with zero attached hydrogens (tertiary/aromatic N) is 4. The molecule has 5 rings (SSSR count). The quantitative estimate of drug-likeness (QED) is 0.670. The molecule has 3 heterocycles. The van der Waals surface area contributed by atoms with E-state index in [4.69, 9.17) is 4.74 Å². The minimum atomic E-state index is -0.0579. The summed E-state index contributed by atoms with van der Waals surface area (Å²) < 4.78 is 7.25. The monoisotopic (exact) mass is 362 g/mol. The minimum Gasteiger partial charge on any atom is -0.464 e. The van der Waals surface area contributed by atoms with Gasteiger partial charge in [0.1, 0.15) is 12.4 Å². The lowest BCUT2D eigenvalue weighted by Gasteiger charge is -2.37. The molecule has 0 spiro atoms. The van der Waals surface area contributed by atoms with Crippen LogP contribution in [0.1, 0.15) is 6.42 Å². The summed E-state index contributed by atoms with van der Waals surface area (Å²) in [6.07, 6.45) is 2.70. The zero-order chi connectivity index (χ0) is 18.2. The molecular formula is C21H22N4O2. The molecule has 0 bridgehead atoms. The standard InChI is InChI=1S/C21H22N4O2/c26-21-20(8-13-27-21)24-11-9-23(10-12-24)16-4-3-5-17(14-16)25-15-22-18-6-1-2-7-19(18)25/h1-7,14-15,20H,8-13H2. The van der Waals surface area contributed by atoms with Crippen LogP contribution in [-0.4, -0.2) is 59.2 Å². The summed E-state index contributed by atoms with van der Waals surface area (Å²) in [5, 5.41) is 0. The van der Waals surface area contributed by atoms with E-state index in [0.29, 0.717) is 6.61 Å². The molecule has 2 aliphatic heterocycles. The van der Waals surface area contributed by atoms with Gasteiger partial charge >= 0.3 is 5.97 Å². The van der Waals surface area contributed by atoms with E-state index in [-0.39, 0.29) is 12.0 Å². The minimum absolute atomic E-state index is 0.0456. The van der Waals surface area contributed by atoms with E-state index in [1.54, 1.807) is 0 Å². The highest BCUT2D eigenvalue weighted by atomic mass is 16.5. The first-order chi connectivity index (χ1) is 13.3. The number of rotatable bonds is 3. The fourth-order valence-electron chi connectivity index (χ4n) is 4.11. The second-order valence-corrected chi connectivity index (χ2v) is 7.12. The van der Waals surface area contributed by atoms with Crippen molar-refractivity contribution < 1.29 is 9.53 Å². The molecule has 1 atom stereocenters. The molecule has 0 N–H and O–H groups in total. The Balaban J connectivity index is 1.35. The third kappa shape index (κ3) is 2.96. The Morgan fingerprint density at radius 3 is 2.59 bits per heavy atom. The van der Waals surface area contributed by atoms with Crippen LogP contribution in [0.2, 0.25) is 0 Å². The molecule has 1 unspecified atom stereocenters. The largest absolute Gasteiger partial charge is 0.464 e. The van der Waals surface area contributed by atoms with Gasteiger partial charge in [0.25, 0.3) is 0 Å². The first-order valence-electron chi connectivity index (χ1n) is 9.48. The average Bonchev–Trinajstić information content (AvgIpc) is 3.34. The molecule has 6 heteroatoms. The van der Waals surface area contributed by atoms with Crippen LogP contribution in [-0.2, 0) is 9.53 Å². The first kappa shape index (κ1) is 16.3. The van der Waals surface area contributed by atoms with Crippen molar-refractivity contribution in [3.8, 4) is 5.69 Å². The van der Waals surface area contributed by atoms with Gasteiger partial charge in [-0.3, -0.25) is 14.3 Å². The van der Waals surface area contributed by atoms with Crippen molar-refractivity contribution in [3.63, 3.8) is 0 Å². The maximum atomic E-state index is 11.8. The van der Waals surface area contributed by atoms with E-state index in [1.807, 2.05) is 24.5 Å². The van der Waals surface area contributed by atoms with Gasteiger partial charge in [0, 0.05) is 44.0 Å². The first-order valence-corrected chi connectivity index (χ1v) is 9.48. The third-order valence-electron chi connectivity index (χ3n) is 5.59. The van der Waals surface area contributed by atoms with Crippen LogP contribution in [0.3, 0.4) is 0 Å². The Morgan fingerprint density at radius 2 is 1.78 bits per heavy atom. The molecule has 2 fully saturated rings. The Bertz CT molecular complexity index is 975. The number of esters is 1. The van der Waals surface area contributed by atoms with Gasteiger partial charge in [0.2, 0.25) is 0 Å². The Labute approximate surface area is 158 Å². The topological polar surface area (TPSA) is 50.6 Å². The smallest absolute Gasteiger partial charge is 0.323 e. The Kier molecular flexibility index (Phi) is 4.05. The molecule has 1 aromatic heterocycles. The summed E-state index contributed by atoms with van der Waals surface area (Å²) >= 11 is 0. The molecule has 0 aliphatic carbocycles. The lowest BCUT2D eigenvalue weighted by Crippen LogP contribution is -2.51. The lowest BCUT2D eigenvalue weighted by molar-refractivity contribution is -0.142. The number of benzene rings is 2. The number of hydrogen-bond acceptors (Lipinski definition) is 5. The molecule has 0 saturated carbocycles. The van der Waals surface area contributed by atoms with E-state index in [9.17, 15) is 4.79 Å². The van der Waals surface area contributed by atoms with Crippen LogP contribution in [0, 0.1) is 0 Å². The van der Waals surface area contributed by atoms with E-state index in [0.717, 1.165) is 49.3 Å². The van der Waals surface area contributed by atoms with Crippen molar-refractivity contribution >= 4 is 22.7 Å².